The molecule has 0 saturated heterocycles. The summed E-state index contributed by atoms with van der Waals surface area (Å²) in [5.74, 6) is -0.0486. The second kappa shape index (κ2) is 6.19. The van der Waals surface area contributed by atoms with E-state index in [9.17, 15) is 4.39 Å². The number of nitrogens with zero attached hydrogens (tertiary/aromatic N) is 2. The zero-order chi connectivity index (χ0) is 12.9. The van der Waals surface area contributed by atoms with Crippen LogP contribution in [0.3, 0.4) is 0 Å². The quantitative estimate of drug-likeness (QED) is 0.849. The van der Waals surface area contributed by atoms with Crippen molar-refractivity contribution in [3.63, 3.8) is 0 Å². The molecule has 1 aromatic rings. The number of halogens is 1. The minimum Gasteiger partial charge on any atom is -0.366 e. The number of aromatic nitrogens is 2. The Kier molecular flexibility index (Phi) is 5.18. The molecule has 1 N–H and O–H groups in total. The molecule has 0 spiro atoms. The molecule has 0 aliphatic heterocycles. The van der Waals surface area contributed by atoms with E-state index in [0.29, 0.717) is 18.1 Å². The molecule has 96 valence electrons. The molecule has 0 atom stereocenters. The molecule has 0 aromatic carbocycles. The van der Waals surface area contributed by atoms with Crippen LogP contribution in [0.1, 0.15) is 32.4 Å². The minimum absolute atomic E-state index is 0.144. The maximum absolute atomic E-state index is 13.7. The predicted molar refractivity (Wildman–Crippen MR) is 72.0 cm³/mol. The summed E-state index contributed by atoms with van der Waals surface area (Å²) in [6.45, 7) is 6.67. The van der Waals surface area contributed by atoms with E-state index in [1.807, 2.05) is 11.8 Å². The van der Waals surface area contributed by atoms with Gasteiger partial charge < -0.3 is 5.32 Å². The zero-order valence-corrected chi connectivity index (χ0v) is 11.7. The Bertz CT molecular complexity index is 359. The molecule has 17 heavy (non-hydrogen) atoms. The summed E-state index contributed by atoms with van der Waals surface area (Å²) in [6.07, 6.45) is 5.57. The van der Waals surface area contributed by atoms with Gasteiger partial charge in [0.2, 0.25) is 0 Å². The highest BCUT2D eigenvalue weighted by Gasteiger charge is 2.25. The first-order chi connectivity index (χ1) is 8.08. The molecule has 0 aliphatic rings. The Hall–Kier alpha value is -0.840. The average Bonchev–Trinajstić information content (AvgIpc) is 2.36. The molecule has 5 heteroatoms. The van der Waals surface area contributed by atoms with Gasteiger partial charge >= 0.3 is 0 Å². The number of nitrogens with one attached hydrogen (secondary N) is 1. The van der Waals surface area contributed by atoms with Gasteiger partial charge in [-0.1, -0.05) is 13.8 Å². The molecule has 0 aliphatic carbocycles. The van der Waals surface area contributed by atoms with Crippen molar-refractivity contribution in [1.82, 2.24) is 9.97 Å². The van der Waals surface area contributed by atoms with Gasteiger partial charge in [-0.3, -0.25) is 0 Å². The van der Waals surface area contributed by atoms with Crippen LogP contribution in [0, 0.1) is 12.7 Å². The summed E-state index contributed by atoms with van der Waals surface area (Å²) in [4.78, 5) is 7.75. The average molecular weight is 257 g/mol. The summed E-state index contributed by atoms with van der Waals surface area (Å²) in [5, 5.41) is 3.10. The van der Waals surface area contributed by atoms with Gasteiger partial charge in [0.1, 0.15) is 6.33 Å². The molecule has 1 aromatic heterocycles. The second-order valence-electron chi connectivity index (χ2n) is 4.07. The largest absolute Gasteiger partial charge is 0.366 e. The van der Waals surface area contributed by atoms with Crippen LogP contribution in [-0.4, -0.2) is 27.5 Å². The van der Waals surface area contributed by atoms with Crippen LogP contribution in [-0.2, 0) is 0 Å². The molecule has 3 nitrogen and oxygen atoms in total. The normalized spacial score (nSPS) is 11.6. The number of rotatable bonds is 6. The maximum atomic E-state index is 13.7. The van der Waals surface area contributed by atoms with E-state index in [0.717, 1.165) is 12.8 Å². The highest BCUT2D eigenvalue weighted by atomic mass is 32.2. The lowest BCUT2D eigenvalue weighted by Gasteiger charge is -2.30. The zero-order valence-electron chi connectivity index (χ0n) is 10.9. The fourth-order valence-electron chi connectivity index (χ4n) is 1.69. The Labute approximate surface area is 107 Å². The lowest BCUT2D eigenvalue weighted by Crippen LogP contribution is -2.32. The highest BCUT2D eigenvalue weighted by Crippen LogP contribution is 2.30. The van der Waals surface area contributed by atoms with Gasteiger partial charge in [-0.15, -0.1) is 0 Å². The smallest absolute Gasteiger partial charge is 0.186 e. The molecular weight excluding hydrogens is 237 g/mol. The van der Waals surface area contributed by atoms with Crippen LogP contribution in [0.2, 0.25) is 0 Å². The molecule has 0 fully saturated rings. The van der Waals surface area contributed by atoms with E-state index in [4.69, 9.17) is 0 Å². The highest BCUT2D eigenvalue weighted by molar-refractivity contribution is 8.00. The Morgan fingerprint density at radius 3 is 2.53 bits per heavy atom. The van der Waals surface area contributed by atoms with E-state index in [-0.39, 0.29) is 10.6 Å². The van der Waals surface area contributed by atoms with Gasteiger partial charge in [0.25, 0.3) is 0 Å². The van der Waals surface area contributed by atoms with Crippen LogP contribution >= 0.6 is 11.8 Å². The molecule has 0 unspecified atom stereocenters. The molecule has 0 saturated carbocycles. The van der Waals surface area contributed by atoms with Gasteiger partial charge in [0.15, 0.2) is 11.6 Å². The summed E-state index contributed by atoms with van der Waals surface area (Å²) in [6, 6.07) is 0. The van der Waals surface area contributed by atoms with Gasteiger partial charge in [-0.05, 0) is 26.0 Å². The second-order valence-corrected chi connectivity index (χ2v) is 5.34. The lowest BCUT2D eigenvalue weighted by molar-refractivity contribution is 0.564. The van der Waals surface area contributed by atoms with Crippen molar-refractivity contribution in [2.24, 2.45) is 0 Å². The summed E-state index contributed by atoms with van der Waals surface area (Å²) in [5.41, 5.74) is 0.380. The van der Waals surface area contributed by atoms with E-state index in [2.05, 4.69) is 35.4 Å². The van der Waals surface area contributed by atoms with Gasteiger partial charge in [0, 0.05) is 11.3 Å². The van der Waals surface area contributed by atoms with Crippen molar-refractivity contribution in [3.05, 3.63) is 17.8 Å². The SMILES string of the molecule is CCC(CC)(CNc1ncnc(C)c1F)SC. The maximum Gasteiger partial charge on any atom is 0.186 e. The molecular formula is C12H20FN3S. The Morgan fingerprint density at radius 1 is 1.35 bits per heavy atom. The number of thioether (sulfide) groups is 1. The number of hydrogen-bond donors (Lipinski definition) is 1. The van der Waals surface area contributed by atoms with Crippen molar-refractivity contribution < 1.29 is 4.39 Å². The Balaban J connectivity index is 2.75. The van der Waals surface area contributed by atoms with Crippen molar-refractivity contribution in [1.29, 1.82) is 0 Å². The van der Waals surface area contributed by atoms with Crippen molar-refractivity contribution >= 4 is 17.6 Å². The molecule has 0 bridgehead atoms. The summed E-state index contributed by atoms with van der Waals surface area (Å²) in [7, 11) is 0. The van der Waals surface area contributed by atoms with Gasteiger partial charge in [0.05, 0.1) is 5.69 Å². The number of anilines is 1. The summed E-state index contributed by atoms with van der Waals surface area (Å²) >= 11 is 1.82. The van der Waals surface area contributed by atoms with Crippen molar-refractivity contribution in [3.8, 4) is 0 Å². The molecule has 0 amide bonds. The topological polar surface area (TPSA) is 37.8 Å². The number of aryl methyl sites for hydroxylation is 1. The molecule has 1 heterocycles. The van der Waals surface area contributed by atoms with Crippen LogP contribution in [0.4, 0.5) is 10.2 Å². The molecule has 0 radical (unpaired) electrons. The third-order valence-electron chi connectivity index (χ3n) is 3.26. The van der Waals surface area contributed by atoms with Crippen molar-refractivity contribution in [2.75, 3.05) is 18.1 Å². The van der Waals surface area contributed by atoms with E-state index < -0.39 is 0 Å². The van der Waals surface area contributed by atoms with Crippen molar-refractivity contribution in [2.45, 2.75) is 38.4 Å². The van der Waals surface area contributed by atoms with Crippen LogP contribution in [0.15, 0.2) is 6.33 Å². The first kappa shape index (κ1) is 14.2. The third-order valence-corrected chi connectivity index (χ3v) is 4.85. The van der Waals surface area contributed by atoms with Gasteiger partial charge in [-0.2, -0.15) is 11.8 Å². The Morgan fingerprint density at radius 2 is 2.00 bits per heavy atom. The van der Waals surface area contributed by atoms with E-state index in [1.165, 1.54) is 6.33 Å². The minimum atomic E-state index is -0.352. The fourth-order valence-corrected chi connectivity index (χ4v) is 2.48. The summed E-state index contributed by atoms with van der Waals surface area (Å²) < 4.78 is 13.8. The van der Waals surface area contributed by atoms with Gasteiger partial charge in [-0.25, -0.2) is 14.4 Å². The van der Waals surface area contributed by atoms with E-state index >= 15 is 0 Å². The monoisotopic (exact) mass is 257 g/mol. The fraction of sp³-hybridized carbons (Fsp3) is 0.667. The van der Waals surface area contributed by atoms with Crippen LogP contribution < -0.4 is 5.32 Å². The first-order valence-electron chi connectivity index (χ1n) is 5.84. The first-order valence-corrected chi connectivity index (χ1v) is 7.07. The van der Waals surface area contributed by atoms with Crippen LogP contribution in [0.25, 0.3) is 0 Å². The third kappa shape index (κ3) is 3.31. The van der Waals surface area contributed by atoms with E-state index in [1.54, 1.807) is 6.92 Å². The lowest BCUT2D eigenvalue weighted by atomic mass is 10.0. The number of hydrogen-bond acceptors (Lipinski definition) is 4. The predicted octanol–water partition coefficient (Wildman–Crippen LogP) is 3.26. The van der Waals surface area contributed by atoms with Crippen LogP contribution in [0.5, 0.6) is 0 Å². The standard InChI is InChI=1S/C12H20FN3S/c1-5-12(6-2,17-4)7-14-11-10(13)9(3)15-8-16-11/h8H,5-7H2,1-4H3,(H,14,15,16). The molecule has 1 rings (SSSR count).